The Hall–Kier alpha value is -2.14. The fourth-order valence-electron chi connectivity index (χ4n) is 2.72. The van der Waals surface area contributed by atoms with Gasteiger partial charge in [-0.25, -0.2) is 0 Å². The molecular formula is C18H25NO4. The molecule has 1 heterocycles. The normalized spacial score (nSPS) is 13.3. The molecule has 0 aliphatic carbocycles. The molecule has 5 nitrogen and oxygen atoms in total. The summed E-state index contributed by atoms with van der Waals surface area (Å²) in [6.45, 7) is 8.01. The average Bonchev–Trinajstić information content (AvgIpc) is 2.73. The number of phenols is 1. The van der Waals surface area contributed by atoms with Crippen molar-refractivity contribution in [3.8, 4) is 17.5 Å². The van der Waals surface area contributed by atoms with Gasteiger partial charge in [0.05, 0.1) is 12.6 Å². The molecule has 1 atom stereocenters. The van der Waals surface area contributed by atoms with Crippen LogP contribution in [0.4, 0.5) is 0 Å². The Labute approximate surface area is 136 Å². The lowest BCUT2D eigenvalue weighted by atomic mass is 9.83. The van der Waals surface area contributed by atoms with Gasteiger partial charge in [0, 0.05) is 18.6 Å². The summed E-state index contributed by atoms with van der Waals surface area (Å²) in [5.41, 5.74) is 2.31. The zero-order valence-corrected chi connectivity index (χ0v) is 14.0. The largest absolute Gasteiger partial charge is 0.507 e. The minimum absolute atomic E-state index is 0.0844. The van der Waals surface area contributed by atoms with Gasteiger partial charge in [0.1, 0.15) is 5.75 Å². The van der Waals surface area contributed by atoms with Crippen LogP contribution in [-0.4, -0.2) is 31.1 Å². The molecule has 0 fully saturated rings. The molecule has 1 aromatic heterocycles. The van der Waals surface area contributed by atoms with Crippen LogP contribution in [0.1, 0.15) is 37.5 Å². The summed E-state index contributed by atoms with van der Waals surface area (Å²) in [4.78, 5) is 0. The number of aromatic hydroxyl groups is 3. The maximum absolute atomic E-state index is 10.3. The number of nitrogens with zero attached hydrogens (tertiary/aromatic N) is 1. The van der Waals surface area contributed by atoms with Crippen LogP contribution in [0.25, 0.3) is 0 Å². The first-order chi connectivity index (χ1) is 10.6. The van der Waals surface area contributed by atoms with Gasteiger partial charge in [-0.05, 0) is 29.0 Å². The van der Waals surface area contributed by atoms with E-state index in [9.17, 15) is 20.4 Å². The number of hydrogen-bond acceptors (Lipinski definition) is 4. The lowest BCUT2D eigenvalue weighted by Crippen LogP contribution is -2.19. The number of benzene rings is 1. The molecule has 1 aromatic carbocycles. The fraction of sp³-hybridized carbons (Fsp3) is 0.444. The standard InChI is InChI=1S/C18H25NO4/c1-11-7-12(9-14(17(11)23)18(2,3)4)8-13(20)10-19-15(21)5-6-16(19)22/h5-7,9,13,20-23H,8,10H2,1-4H3. The van der Waals surface area contributed by atoms with Gasteiger partial charge < -0.3 is 20.4 Å². The minimum Gasteiger partial charge on any atom is -0.507 e. The summed E-state index contributed by atoms with van der Waals surface area (Å²) < 4.78 is 1.25. The first-order valence-corrected chi connectivity index (χ1v) is 7.68. The summed E-state index contributed by atoms with van der Waals surface area (Å²) >= 11 is 0. The molecule has 0 saturated carbocycles. The first-order valence-electron chi connectivity index (χ1n) is 7.68. The summed E-state index contributed by atoms with van der Waals surface area (Å²) in [6.07, 6.45) is -0.405. The van der Waals surface area contributed by atoms with Gasteiger partial charge in [-0.2, -0.15) is 0 Å². The van der Waals surface area contributed by atoms with Crippen molar-refractivity contribution in [1.29, 1.82) is 0 Å². The third kappa shape index (κ3) is 3.79. The molecular weight excluding hydrogens is 294 g/mol. The highest BCUT2D eigenvalue weighted by Gasteiger charge is 2.21. The van der Waals surface area contributed by atoms with Gasteiger partial charge in [0.15, 0.2) is 11.8 Å². The smallest absolute Gasteiger partial charge is 0.193 e. The second kappa shape index (κ2) is 6.16. The molecule has 0 aliphatic heterocycles. The van der Waals surface area contributed by atoms with Crippen LogP contribution in [0.2, 0.25) is 0 Å². The second-order valence-corrected chi connectivity index (χ2v) is 7.08. The van der Waals surface area contributed by atoms with Gasteiger partial charge in [-0.1, -0.05) is 32.9 Å². The molecule has 4 N–H and O–H groups in total. The molecule has 5 heteroatoms. The monoisotopic (exact) mass is 319 g/mol. The predicted molar refractivity (Wildman–Crippen MR) is 89.0 cm³/mol. The highest BCUT2D eigenvalue weighted by molar-refractivity contribution is 5.46. The Morgan fingerprint density at radius 2 is 1.61 bits per heavy atom. The molecule has 0 saturated heterocycles. The lowest BCUT2D eigenvalue weighted by molar-refractivity contribution is 0.146. The molecule has 0 radical (unpaired) electrons. The topological polar surface area (TPSA) is 85.9 Å². The van der Waals surface area contributed by atoms with Crippen molar-refractivity contribution < 1.29 is 20.4 Å². The first kappa shape index (κ1) is 17.2. The van der Waals surface area contributed by atoms with Gasteiger partial charge in [0.2, 0.25) is 0 Å². The molecule has 0 spiro atoms. The van der Waals surface area contributed by atoms with Crippen LogP contribution >= 0.6 is 0 Å². The molecule has 2 rings (SSSR count). The van der Waals surface area contributed by atoms with Crippen LogP contribution in [0.15, 0.2) is 24.3 Å². The van der Waals surface area contributed by atoms with E-state index in [2.05, 4.69) is 0 Å². The number of rotatable bonds is 4. The molecule has 0 amide bonds. The van der Waals surface area contributed by atoms with Crippen molar-refractivity contribution in [3.05, 3.63) is 41.0 Å². The van der Waals surface area contributed by atoms with Gasteiger partial charge in [-0.3, -0.25) is 4.57 Å². The van der Waals surface area contributed by atoms with Crippen LogP contribution < -0.4 is 0 Å². The van der Waals surface area contributed by atoms with Crippen molar-refractivity contribution in [2.75, 3.05) is 0 Å². The predicted octanol–water partition coefficient (Wildman–Crippen LogP) is 2.81. The Kier molecular flexibility index (Phi) is 4.61. The number of aryl methyl sites for hydroxylation is 1. The fourth-order valence-corrected chi connectivity index (χ4v) is 2.72. The Bertz CT molecular complexity index is 678. The number of aliphatic hydroxyl groups excluding tert-OH is 1. The van der Waals surface area contributed by atoms with Crippen molar-refractivity contribution >= 4 is 0 Å². The molecule has 2 aromatic rings. The quantitative estimate of drug-likeness (QED) is 0.698. The van der Waals surface area contributed by atoms with E-state index in [-0.39, 0.29) is 29.5 Å². The van der Waals surface area contributed by atoms with E-state index >= 15 is 0 Å². The molecule has 126 valence electrons. The molecule has 0 aliphatic rings. The molecule has 1 unspecified atom stereocenters. The Morgan fingerprint density at radius 3 is 2.13 bits per heavy atom. The summed E-state index contributed by atoms with van der Waals surface area (Å²) in [7, 11) is 0. The van der Waals surface area contributed by atoms with Crippen LogP contribution in [-0.2, 0) is 18.4 Å². The minimum atomic E-state index is -0.768. The Balaban J connectivity index is 2.21. The number of aromatic nitrogens is 1. The SMILES string of the molecule is Cc1cc(CC(O)Cn2c(O)ccc2O)cc(C(C)(C)C)c1O. The maximum Gasteiger partial charge on any atom is 0.193 e. The lowest BCUT2D eigenvalue weighted by Gasteiger charge is -2.23. The Morgan fingerprint density at radius 1 is 1.04 bits per heavy atom. The average molecular weight is 319 g/mol. The van der Waals surface area contributed by atoms with E-state index in [0.717, 1.165) is 16.7 Å². The van der Waals surface area contributed by atoms with Crippen molar-refractivity contribution in [1.82, 2.24) is 4.57 Å². The highest BCUT2D eigenvalue weighted by Crippen LogP contribution is 2.34. The van der Waals surface area contributed by atoms with E-state index in [1.807, 2.05) is 39.8 Å². The molecule has 0 bridgehead atoms. The van der Waals surface area contributed by atoms with Crippen molar-refractivity contribution in [2.45, 2.75) is 52.2 Å². The summed E-state index contributed by atoms with van der Waals surface area (Å²) in [5.74, 6) is 0.120. The van der Waals surface area contributed by atoms with Gasteiger partial charge in [0.25, 0.3) is 0 Å². The van der Waals surface area contributed by atoms with E-state index in [0.29, 0.717) is 6.42 Å². The van der Waals surface area contributed by atoms with Crippen LogP contribution in [0.3, 0.4) is 0 Å². The van der Waals surface area contributed by atoms with E-state index in [4.69, 9.17) is 0 Å². The number of hydrogen-bond donors (Lipinski definition) is 4. The third-order valence-electron chi connectivity index (χ3n) is 3.97. The second-order valence-electron chi connectivity index (χ2n) is 7.08. The van der Waals surface area contributed by atoms with Crippen molar-refractivity contribution in [2.24, 2.45) is 0 Å². The van der Waals surface area contributed by atoms with Crippen molar-refractivity contribution in [3.63, 3.8) is 0 Å². The molecule has 23 heavy (non-hydrogen) atoms. The summed E-state index contributed by atoms with van der Waals surface area (Å²) in [6, 6.07) is 6.51. The van der Waals surface area contributed by atoms with Gasteiger partial charge in [-0.15, -0.1) is 0 Å². The number of phenolic OH excluding ortho intramolecular Hbond substituents is 1. The zero-order chi connectivity index (χ0) is 17.4. The van der Waals surface area contributed by atoms with E-state index in [1.54, 1.807) is 0 Å². The van der Waals surface area contributed by atoms with E-state index < -0.39 is 6.10 Å². The number of aliphatic hydroxyl groups is 1. The third-order valence-corrected chi connectivity index (χ3v) is 3.97. The van der Waals surface area contributed by atoms with Crippen LogP contribution in [0, 0.1) is 6.92 Å². The summed E-state index contributed by atoms with van der Waals surface area (Å²) in [5, 5.41) is 39.8. The maximum atomic E-state index is 10.3. The van der Waals surface area contributed by atoms with Crippen LogP contribution in [0.5, 0.6) is 17.5 Å². The zero-order valence-electron chi connectivity index (χ0n) is 14.0. The van der Waals surface area contributed by atoms with E-state index in [1.165, 1.54) is 16.7 Å². The van der Waals surface area contributed by atoms with Gasteiger partial charge >= 0.3 is 0 Å². The highest BCUT2D eigenvalue weighted by atomic mass is 16.3.